The quantitative estimate of drug-likeness (QED) is 0.743. The van der Waals surface area contributed by atoms with E-state index in [2.05, 4.69) is 14.8 Å². The van der Waals surface area contributed by atoms with Gasteiger partial charge in [-0.3, -0.25) is 14.5 Å². The summed E-state index contributed by atoms with van der Waals surface area (Å²) in [6.07, 6.45) is 6.88. The van der Waals surface area contributed by atoms with Crippen molar-refractivity contribution in [2.24, 2.45) is 11.8 Å². The third kappa shape index (κ3) is 3.86. The molecule has 3 aliphatic heterocycles. The molecule has 1 N–H and O–H groups in total. The first kappa shape index (κ1) is 20.6. The number of aromatic nitrogens is 1. The fourth-order valence-electron chi connectivity index (χ4n) is 6.50. The van der Waals surface area contributed by atoms with E-state index >= 15 is 0 Å². The monoisotopic (exact) mass is 423 g/mol. The summed E-state index contributed by atoms with van der Waals surface area (Å²) in [7, 11) is 1.44. The Hall–Kier alpha value is -2.34. The number of esters is 1. The molecule has 0 bridgehead atoms. The van der Waals surface area contributed by atoms with Crippen LogP contribution in [-0.2, 0) is 9.53 Å². The highest BCUT2D eigenvalue weighted by Crippen LogP contribution is 2.43. The summed E-state index contributed by atoms with van der Waals surface area (Å²) in [6.45, 7) is 3.22. The van der Waals surface area contributed by atoms with Crippen LogP contribution in [0, 0.1) is 11.8 Å². The number of hydrogen-bond donors (Lipinski definition) is 1. The number of ether oxygens (including phenoxy) is 1. The van der Waals surface area contributed by atoms with Crippen molar-refractivity contribution in [2.75, 3.05) is 26.7 Å². The van der Waals surface area contributed by atoms with E-state index in [1.54, 1.807) is 0 Å². The van der Waals surface area contributed by atoms with E-state index in [0.29, 0.717) is 30.0 Å². The SMILES string of the molecule is COC(=O)CCC[C@@H]1[C@H]2CCCN3CCC[C@@H](CN1C(=O)c1cc4ccccc4[nH]1)[C@@H]23. The highest BCUT2D eigenvalue weighted by Gasteiger charge is 2.49. The lowest BCUT2D eigenvalue weighted by atomic mass is 9.69. The van der Waals surface area contributed by atoms with Crippen molar-refractivity contribution in [3.8, 4) is 0 Å². The number of aromatic amines is 1. The number of fused-ring (bicyclic) bond motifs is 1. The molecule has 1 aromatic heterocycles. The Balaban J connectivity index is 1.43. The van der Waals surface area contributed by atoms with E-state index in [4.69, 9.17) is 4.74 Å². The van der Waals surface area contributed by atoms with E-state index in [0.717, 1.165) is 30.3 Å². The maximum atomic E-state index is 13.8. The zero-order chi connectivity index (χ0) is 21.4. The summed E-state index contributed by atoms with van der Waals surface area (Å²) in [5.74, 6) is 1.01. The second kappa shape index (κ2) is 8.65. The average Bonchev–Trinajstić information content (AvgIpc) is 3.24. The van der Waals surface area contributed by atoms with Gasteiger partial charge in [-0.1, -0.05) is 18.2 Å². The Morgan fingerprint density at radius 2 is 1.97 bits per heavy atom. The molecule has 0 saturated carbocycles. The van der Waals surface area contributed by atoms with Crippen LogP contribution in [0.5, 0.6) is 0 Å². The number of rotatable bonds is 5. The second-order valence-electron chi connectivity index (χ2n) is 9.50. The molecule has 4 atom stereocenters. The first-order valence-electron chi connectivity index (χ1n) is 11.9. The van der Waals surface area contributed by atoms with Gasteiger partial charge < -0.3 is 14.6 Å². The first-order valence-corrected chi connectivity index (χ1v) is 11.9. The summed E-state index contributed by atoms with van der Waals surface area (Å²) >= 11 is 0. The molecule has 166 valence electrons. The lowest BCUT2D eigenvalue weighted by Crippen LogP contribution is -2.65. The van der Waals surface area contributed by atoms with Gasteiger partial charge in [-0.2, -0.15) is 0 Å². The number of nitrogens with one attached hydrogen (secondary N) is 1. The molecular formula is C25H33N3O3. The van der Waals surface area contributed by atoms with Gasteiger partial charge in [0.05, 0.1) is 7.11 Å². The molecule has 3 saturated heterocycles. The van der Waals surface area contributed by atoms with Crippen LogP contribution in [0.2, 0.25) is 0 Å². The van der Waals surface area contributed by atoms with Gasteiger partial charge in [0.1, 0.15) is 5.69 Å². The van der Waals surface area contributed by atoms with Crippen LogP contribution in [0.3, 0.4) is 0 Å². The summed E-state index contributed by atoms with van der Waals surface area (Å²) < 4.78 is 4.85. The van der Waals surface area contributed by atoms with E-state index in [1.165, 1.54) is 45.9 Å². The Bertz CT molecular complexity index is 919. The summed E-state index contributed by atoms with van der Waals surface area (Å²) in [6, 6.07) is 10.8. The maximum Gasteiger partial charge on any atom is 0.305 e. The lowest BCUT2D eigenvalue weighted by Gasteiger charge is -2.57. The minimum Gasteiger partial charge on any atom is -0.469 e. The van der Waals surface area contributed by atoms with Gasteiger partial charge in [0.2, 0.25) is 0 Å². The molecule has 31 heavy (non-hydrogen) atoms. The van der Waals surface area contributed by atoms with E-state index in [-0.39, 0.29) is 17.9 Å². The van der Waals surface area contributed by atoms with Crippen molar-refractivity contribution in [1.29, 1.82) is 0 Å². The van der Waals surface area contributed by atoms with Crippen molar-refractivity contribution in [2.45, 2.75) is 57.0 Å². The zero-order valence-electron chi connectivity index (χ0n) is 18.4. The molecule has 6 heteroatoms. The molecule has 4 heterocycles. The number of nitrogens with zero attached hydrogens (tertiary/aromatic N) is 2. The van der Waals surface area contributed by atoms with Crippen LogP contribution in [0.4, 0.5) is 0 Å². The number of methoxy groups -OCH3 is 1. The normalized spacial score (nSPS) is 28.4. The van der Waals surface area contributed by atoms with Gasteiger partial charge in [0.15, 0.2) is 0 Å². The van der Waals surface area contributed by atoms with Crippen molar-refractivity contribution in [3.05, 3.63) is 36.0 Å². The molecule has 0 radical (unpaired) electrons. The number of amides is 1. The molecule has 1 amide bonds. The fraction of sp³-hybridized carbons (Fsp3) is 0.600. The number of para-hydroxylation sites is 1. The van der Waals surface area contributed by atoms with Crippen LogP contribution in [0.25, 0.3) is 10.9 Å². The topological polar surface area (TPSA) is 65.6 Å². The van der Waals surface area contributed by atoms with Crippen LogP contribution in [0.1, 0.15) is 55.4 Å². The number of likely N-dealkylation sites (tertiary alicyclic amines) is 1. The van der Waals surface area contributed by atoms with E-state index in [1.807, 2.05) is 30.3 Å². The molecule has 3 fully saturated rings. The Morgan fingerprint density at radius 1 is 1.16 bits per heavy atom. The van der Waals surface area contributed by atoms with Gasteiger partial charge in [0, 0.05) is 36.0 Å². The fourth-order valence-corrected chi connectivity index (χ4v) is 6.50. The van der Waals surface area contributed by atoms with Crippen molar-refractivity contribution < 1.29 is 14.3 Å². The van der Waals surface area contributed by atoms with Crippen molar-refractivity contribution in [1.82, 2.24) is 14.8 Å². The number of carbonyl (C=O) groups excluding carboxylic acids is 2. The smallest absolute Gasteiger partial charge is 0.305 e. The largest absolute Gasteiger partial charge is 0.469 e. The predicted octanol–water partition coefficient (Wildman–Crippen LogP) is 3.83. The zero-order valence-corrected chi connectivity index (χ0v) is 18.4. The average molecular weight is 424 g/mol. The van der Waals surface area contributed by atoms with Crippen LogP contribution in [0.15, 0.2) is 30.3 Å². The number of piperidine rings is 3. The Labute approximate surface area is 183 Å². The summed E-state index contributed by atoms with van der Waals surface area (Å²) in [4.78, 5) is 33.7. The molecule has 1 aromatic carbocycles. The molecular weight excluding hydrogens is 390 g/mol. The molecule has 3 aliphatic rings. The standard InChI is InChI=1S/C25H33N3O3/c1-31-23(29)12-4-11-22-19-9-6-14-27-13-5-8-18(24(19)27)16-28(22)25(30)21-15-17-7-2-3-10-20(17)26-21/h2-3,7,10,15,18-19,22,24,26H,4-6,8-9,11-14,16H2,1H3/t18-,19+,22+,24-/m0/s1. The number of carbonyl (C=O) groups is 2. The highest BCUT2D eigenvalue weighted by atomic mass is 16.5. The third-order valence-electron chi connectivity index (χ3n) is 7.80. The molecule has 0 unspecified atom stereocenters. The molecule has 5 rings (SSSR count). The van der Waals surface area contributed by atoms with Crippen LogP contribution >= 0.6 is 0 Å². The Morgan fingerprint density at radius 3 is 2.77 bits per heavy atom. The van der Waals surface area contributed by atoms with Crippen LogP contribution < -0.4 is 0 Å². The first-order chi connectivity index (χ1) is 15.2. The molecule has 0 aliphatic carbocycles. The minimum absolute atomic E-state index is 0.111. The van der Waals surface area contributed by atoms with Gasteiger partial charge >= 0.3 is 5.97 Å². The molecule has 2 aromatic rings. The third-order valence-corrected chi connectivity index (χ3v) is 7.80. The minimum atomic E-state index is -0.162. The van der Waals surface area contributed by atoms with E-state index < -0.39 is 0 Å². The highest BCUT2D eigenvalue weighted by molar-refractivity contribution is 5.98. The van der Waals surface area contributed by atoms with Gasteiger partial charge in [-0.15, -0.1) is 0 Å². The second-order valence-corrected chi connectivity index (χ2v) is 9.50. The Kier molecular flexibility index (Phi) is 5.74. The van der Waals surface area contributed by atoms with Gasteiger partial charge in [-0.05, 0) is 75.6 Å². The summed E-state index contributed by atoms with van der Waals surface area (Å²) in [5, 5.41) is 1.07. The van der Waals surface area contributed by atoms with E-state index in [9.17, 15) is 9.59 Å². The van der Waals surface area contributed by atoms with Crippen LogP contribution in [-0.4, -0.2) is 65.5 Å². The van der Waals surface area contributed by atoms with Gasteiger partial charge in [-0.25, -0.2) is 0 Å². The van der Waals surface area contributed by atoms with Crippen molar-refractivity contribution in [3.63, 3.8) is 0 Å². The lowest BCUT2D eigenvalue weighted by molar-refractivity contribution is -0.140. The van der Waals surface area contributed by atoms with Crippen molar-refractivity contribution >= 4 is 22.8 Å². The summed E-state index contributed by atoms with van der Waals surface area (Å²) in [5.41, 5.74) is 1.69. The maximum absolute atomic E-state index is 13.8. The predicted molar refractivity (Wildman–Crippen MR) is 120 cm³/mol. The molecule has 6 nitrogen and oxygen atoms in total. The molecule has 0 spiro atoms. The number of hydrogen-bond acceptors (Lipinski definition) is 4. The number of benzene rings is 1. The van der Waals surface area contributed by atoms with Gasteiger partial charge in [0.25, 0.3) is 5.91 Å². The number of H-pyrrole nitrogens is 1.